The van der Waals surface area contributed by atoms with Gasteiger partial charge in [-0.2, -0.15) is 5.26 Å². The number of rotatable bonds is 7. The van der Waals surface area contributed by atoms with Crippen molar-refractivity contribution in [2.45, 2.75) is 6.42 Å². The molecule has 0 heterocycles. The van der Waals surface area contributed by atoms with Crippen molar-refractivity contribution in [3.05, 3.63) is 68.0 Å². The Hall–Kier alpha value is -2.31. The average Bonchev–Trinajstić information content (AvgIpc) is 2.56. The van der Waals surface area contributed by atoms with Gasteiger partial charge in [0.15, 0.2) is 5.78 Å². The Labute approximate surface area is 157 Å². The number of hydrogen-bond donors (Lipinski definition) is 1. The van der Waals surface area contributed by atoms with Gasteiger partial charge < -0.3 is 10.5 Å². The summed E-state index contributed by atoms with van der Waals surface area (Å²) in [5, 5.41) is 9.07. The number of carbonyl (C=O) groups is 2. The van der Waals surface area contributed by atoms with E-state index < -0.39 is 5.91 Å². The number of nitrogens with two attached hydrogens (primary N) is 1. The smallest absolute Gasteiger partial charge is 0.243 e. The van der Waals surface area contributed by atoms with E-state index in [1.54, 1.807) is 18.2 Å². The van der Waals surface area contributed by atoms with Crippen molar-refractivity contribution in [2.75, 3.05) is 13.2 Å². The number of benzene rings is 2. The lowest BCUT2D eigenvalue weighted by Crippen LogP contribution is -2.21. The third-order valence-corrected chi connectivity index (χ3v) is 4.08. The number of ether oxygens (including phenoxy) is 1. The highest BCUT2D eigenvalue weighted by Gasteiger charge is 2.15. The van der Waals surface area contributed by atoms with E-state index in [-0.39, 0.29) is 31.2 Å². The summed E-state index contributed by atoms with van der Waals surface area (Å²) in [7, 11) is 0. The molecule has 0 aliphatic heterocycles. The third-order valence-electron chi connectivity index (χ3n) is 3.41. The van der Waals surface area contributed by atoms with E-state index in [4.69, 9.17) is 15.7 Å². The highest BCUT2D eigenvalue weighted by atomic mass is 127. The molecule has 0 unspecified atom stereocenters. The van der Waals surface area contributed by atoms with Crippen LogP contribution < -0.4 is 5.73 Å². The molecule has 2 aromatic carbocycles. The van der Waals surface area contributed by atoms with E-state index in [2.05, 4.69) is 0 Å². The summed E-state index contributed by atoms with van der Waals surface area (Å²) in [5.74, 6) is -1.42. The van der Waals surface area contributed by atoms with Crippen molar-refractivity contribution in [1.82, 2.24) is 0 Å². The van der Waals surface area contributed by atoms with E-state index in [0.29, 0.717) is 22.3 Å². The predicted octanol–water partition coefficient (Wildman–Crippen LogP) is 2.58. The van der Waals surface area contributed by atoms with Gasteiger partial charge in [0.05, 0.1) is 11.6 Å². The molecule has 0 atom stereocenters. The van der Waals surface area contributed by atoms with Gasteiger partial charge in [0.25, 0.3) is 0 Å². The number of ketones is 1. The van der Waals surface area contributed by atoms with Crippen LogP contribution in [0.3, 0.4) is 0 Å². The number of hydrogen-bond acceptors (Lipinski definition) is 4. The molecule has 0 saturated heterocycles. The Balaban J connectivity index is 2.30. The molecule has 2 N–H and O–H groups in total. The van der Waals surface area contributed by atoms with E-state index in [1.165, 1.54) is 18.2 Å². The van der Waals surface area contributed by atoms with Crippen molar-refractivity contribution in [2.24, 2.45) is 5.73 Å². The zero-order chi connectivity index (χ0) is 18.4. The number of Topliss-reactive ketones (excluding diaryl/α,β-unsaturated/α-hetero) is 1. The second kappa shape index (κ2) is 8.69. The highest BCUT2D eigenvalue weighted by Crippen LogP contribution is 2.20. The molecule has 0 fully saturated rings. The zero-order valence-electron chi connectivity index (χ0n) is 13.1. The van der Waals surface area contributed by atoms with Crippen LogP contribution in [0.1, 0.15) is 27.0 Å². The van der Waals surface area contributed by atoms with Gasteiger partial charge in [-0.05, 0) is 64.0 Å². The summed E-state index contributed by atoms with van der Waals surface area (Å²) in [6.45, 7) is -0.680. The maximum atomic E-state index is 14.1. The van der Waals surface area contributed by atoms with Crippen molar-refractivity contribution in [3.63, 3.8) is 0 Å². The second-order valence-corrected chi connectivity index (χ2v) is 6.52. The molecular formula is C18H14FIN2O3. The number of halogens is 2. The lowest BCUT2D eigenvalue weighted by molar-refractivity contribution is -0.122. The summed E-state index contributed by atoms with van der Waals surface area (Å²) < 4.78 is 19.8. The van der Waals surface area contributed by atoms with Crippen LogP contribution in [-0.2, 0) is 16.0 Å². The summed E-state index contributed by atoms with van der Waals surface area (Å²) >= 11 is 2.01. The van der Waals surface area contributed by atoms with Crippen LogP contribution in [-0.4, -0.2) is 24.9 Å². The van der Waals surface area contributed by atoms with Crippen LogP contribution in [0.25, 0.3) is 0 Å². The minimum Gasteiger partial charge on any atom is -0.368 e. The molecule has 1 amide bonds. The first kappa shape index (κ1) is 19.0. The number of nitrogens with zero attached hydrogens (tertiary/aromatic N) is 1. The van der Waals surface area contributed by atoms with Crippen molar-refractivity contribution in [3.8, 4) is 6.07 Å². The molecule has 0 spiro atoms. The Bertz CT molecular complexity index is 862. The van der Waals surface area contributed by atoms with Crippen LogP contribution >= 0.6 is 22.6 Å². The highest BCUT2D eigenvalue weighted by molar-refractivity contribution is 14.1. The topological polar surface area (TPSA) is 93.2 Å². The maximum Gasteiger partial charge on any atom is 0.243 e. The molecule has 0 radical (unpaired) electrons. The standard InChI is InChI=1S/C18H14FIN2O3/c19-16-7-14(20)3-2-12(16)6-13-5-11(8-21)1-4-15(13)17(23)9-25-10-18(22)24/h1-5,7H,6,9-10H2,(H2,22,24). The molecule has 128 valence electrons. The van der Waals surface area contributed by atoms with Crippen LogP contribution in [0.15, 0.2) is 36.4 Å². The van der Waals surface area contributed by atoms with Gasteiger partial charge in [-0.1, -0.05) is 6.07 Å². The predicted molar refractivity (Wildman–Crippen MR) is 97.4 cm³/mol. The molecule has 0 bridgehead atoms. The van der Waals surface area contributed by atoms with Crippen LogP contribution in [0.4, 0.5) is 4.39 Å². The quantitative estimate of drug-likeness (QED) is 0.517. The first-order chi connectivity index (χ1) is 11.9. The first-order valence-electron chi connectivity index (χ1n) is 7.27. The van der Waals surface area contributed by atoms with Crippen LogP contribution in [0.2, 0.25) is 0 Å². The fourth-order valence-corrected chi connectivity index (χ4v) is 2.73. The minimum absolute atomic E-state index is 0.162. The summed E-state index contributed by atoms with van der Waals surface area (Å²) in [4.78, 5) is 23.0. The fourth-order valence-electron chi connectivity index (χ4n) is 2.27. The zero-order valence-corrected chi connectivity index (χ0v) is 15.2. The lowest BCUT2D eigenvalue weighted by Gasteiger charge is -2.11. The number of primary amides is 1. The van der Waals surface area contributed by atoms with E-state index >= 15 is 0 Å². The number of nitriles is 1. The van der Waals surface area contributed by atoms with E-state index in [0.717, 1.165) is 3.57 Å². The molecule has 0 aliphatic carbocycles. The molecule has 0 saturated carbocycles. The Morgan fingerprint density at radius 3 is 2.56 bits per heavy atom. The lowest BCUT2D eigenvalue weighted by atomic mass is 9.95. The fraction of sp³-hybridized carbons (Fsp3) is 0.167. The SMILES string of the molecule is N#Cc1ccc(C(=O)COCC(N)=O)c(Cc2ccc(I)cc2F)c1. The average molecular weight is 452 g/mol. The minimum atomic E-state index is -0.672. The molecule has 0 aliphatic rings. The second-order valence-electron chi connectivity index (χ2n) is 5.28. The van der Waals surface area contributed by atoms with Gasteiger partial charge in [-0.3, -0.25) is 9.59 Å². The monoisotopic (exact) mass is 452 g/mol. The van der Waals surface area contributed by atoms with Gasteiger partial charge in [-0.15, -0.1) is 0 Å². The molecule has 2 aromatic rings. The third kappa shape index (κ3) is 5.34. The Morgan fingerprint density at radius 2 is 1.92 bits per heavy atom. The number of amides is 1. The van der Waals surface area contributed by atoms with E-state index in [1.807, 2.05) is 28.7 Å². The van der Waals surface area contributed by atoms with E-state index in [9.17, 15) is 14.0 Å². The molecule has 5 nitrogen and oxygen atoms in total. The van der Waals surface area contributed by atoms with Crippen LogP contribution in [0.5, 0.6) is 0 Å². The van der Waals surface area contributed by atoms with Gasteiger partial charge in [0.2, 0.25) is 5.91 Å². The number of carbonyl (C=O) groups excluding carboxylic acids is 2. The Morgan fingerprint density at radius 1 is 1.16 bits per heavy atom. The first-order valence-corrected chi connectivity index (χ1v) is 8.34. The molecule has 2 rings (SSSR count). The maximum absolute atomic E-state index is 14.1. The summed E-state index contributed by atoms with van der Waals surface area (Å²) in [6.07, 6.45) is 0.162. The summed E-state index contributed by atoms with van der Waals surface area (Å²) in [6, 6.07) is 11.4. The van der Waals surface area contributed by atoms with Gasteiger partial charge in [0.1, 0.15) is 19.0 Å². The van der Waals surface area contributed by atoms with Crippen molar-refractivity contribution in [1.29, 1.82) is 5.26 Å². The normalized spacial score (nSPS) is 10.3. The largest absolute Gasteiger partial charge is 0.368 e. The van der Waals surface area contributed by atoms with Gasteiger partial charge >= 0.3 is 0 Å². The molecule has 25 heavy (non-hydrogen) atoms. The van der Waals surface area contributed by atoms with Crippen LogP contribution in [0, 0.1) is 20.7 Å². The van der Waals surface area contributed by atoms with Crippen molar-refractivity contribution < 1.29 is 18.7 Å². The summed E-state index contributed by atoms with van der Waals surface area (Å²) in [5.41, 5.74) is 6.59. The molecular weight excluding hydrogens is 438 g/mol. The van der Waals surface area contributed by atoms with Crippen molar-refractivity contribution >= 4 is 34.3 Å². The van der Waals surface area contributed by atoms with Gasteiger partial charge in [-0.25, -0.2) is 4.39 Å². The molecule has 0 aromatic heterocycles. The Kier molecular flexibility index (Phi) is 6.61. The van der Waals surface area contributed by atoms with Gasteiger partial charge in [0, 0.05) is 15.6 Å². The molecule has 7 heteroatoms.